The van der Waals surface area contributed by atoms with Gasteiger partial charge in [0.25, 0.3) is 0 Å². The Morgan fingerprint density at radius 2 is 2.04 bits per heavy atom. The Balaban J connectivity index is 1.59. The van der Waals surface area contributed by atoms with Crippen LogP contribution in [0.4, 0.5) is 0 Å². The van der Waals surface area contributed by atoms with Gasteiger partial charge in [0, 0.05) is 25.4 Å². The third-order valence-corrected chi connectivity index (χ3v) is 4.53. The molecule has 1 saturated heterocycles. The number of ether oxygens (including phenoxy) is 1. The molecule has 1 fully saturated rings. The van der Waals surface area contributed by atoms with Gasteiger partial charge in [-0.05, 0) is 51.8 Å². The highest BCUT2D eigenvalue weighted by Crippen LogP contribution is 2.29. The van der Waals surface area contributed by atoms with Gasteiger partial charge < -0.3 is 10.1 Å². The van der Waals surface area contributed by atoms with Crippen LogP contribution in [-0.4, -0.2) is 29.0 Å². The van der Waals surface area contributed by atoms with Crippen LogP contribution in [0.2, 0.25) is 0 Å². The first-order chi connectivity index (χ1) is 11.2. The molecule has 0 spiro atoms. The molecule has 23 heavy (non-hydrogen) atoms. The third kappa shape index (κ3) is 3.82. The Bertz CT molecular complexity index is 630. The van der Waals surface area contributed by atoms with Crippen LogP contribution in [-0.2, 0) is 17.7 Å². The van der Waals surface area contributed by atoms with E-state index >= 15 is 0 Å². The molecule has 3 rings (SSSR count). The minimum absolute atomic E-state index is 0.122. The van der Waals surface area contributed by atoms with Crippen LogP contribution < -0.4 is 5.32 Å². The van der Waals surface area contributed by atoms with Crippen LogP contribution >= 0.6 is 0 Å². The number of aryl methyl sites for hydroxylation is 3. The van der Waals surface area contributed by atoms with E-state index in [9.17, 15) is 0 Å². The number of aromatic nitrogens is 2. The lowest BCUT2D eigenvalue weighted by Crippen LogP contribution is -2.34. The maximum atomic E-state index is 5.97. The number of nitrogens with zero attached hydrogens (tertiary/aromatic N) is 2. The Morgan fingerprint density at radius 3 is 2.78 bits per heavy atom. The minimum Gasteiger partial charge on any atom is -0.370 e. The van der Waals surface area contributed by atoms with Gasteiger partial charge in [-0.2, -0.15) is 5.10 Å². The maximum Gasteiger partial charge on any atom is 0.114 e. The lowest BCUT2D eigenvalue weighted by molar-refractivity contribution is 0.0915. The van der Waals surface area contributed by atoms with Gasteiger partial charge in [0.05, 0.1) is 5.69 Å². The summed E-state index contributed by atoms with van der Waals surface area (Å²) in [6, 6.07) is 9.25. The molecule has 2 heterocycles. The van der Waals surface area contributed by atoms with Gasteiger partial charge >= 0.3 is 0 Å². The standard InChI is InChI=1S/C19H27N3O/c1-4-22-18(6-9-21-22)19-17(7-10-23-19)20-8-5-16-12-14(2)11-15(3)13-16/h6,9,11-13,17,19-20H,4-5,7-8,10H2,1-3H3/t17-,19-/m1/s1. The molecule has 0 saturated carbocycles. The Hall–Kier alpha value is -1.65. The van der Waals surface area contributed by atoms with Gasteiger partial charge in [-0.15, -0.1) is 0 Å². The van der Waals surface area contributed by atoms with E-state index in [0.717, 1.165) is 32.5 Å². The fourth-order valence-corrected chi connectivity index (χ4v) is 3.55. The number of benzene rings is 1. The smallest absolute Gasteiger partial charge is 0.114 e. The van der Waals surface area contributed by atoms with E-state index in [-0.39, 0.29) is 6.10 Å². The van der Waals surface area contributed by atoms with Crippen molar-refractivity contribution in [3.05, 3.63) is 52.8 Å². The Morgan fingerprint density at radius 1 is 1.26 bits per heavy atom. The fraction of sp³-hybridized carbons (Fsp3) is 0.526. The predicted molar refractivity (Wildman–Crippen MR) is 92.6 cm³/mol. The lowest BCUT2D eigenvalue weighted by atomic mass is 10.0. The molecule has 1 aromatic heterocycles. The van der Waals surface area contributed by atoms with Gasteiger partial charge in [-0.3, -0.25) is 4.68 Å². The molecule has 1 N–H and O–H groups in total. The summed E-state index contributed by atoms with van der Waals surface area (Å²) in [5.41, 5.74) is 5.28. The lowest BCUT2D eigenvalue weighted by Gasteiger charge is -2.21. The summed E-state index contributed by atoms with van der Waals surface area (Å²) in [4.78, 5) is 0. The van der Waals surface area contributed by atoms with Crippen molar-refractivity contribution in [1.82, 2.24) is 15.1 Å². The third-order valence-electron chi connectivity index (χ3n) is 4.53. The molecule has 4 heteroatoms. The quantitative estimate of drug-likeness (QED) is 0.890. The highest BCUT2D eigenvalue weighted by Gasteiger charge is 2.31. The van der Waals surface area contributed by atoms with Crippen molar-refractivity contribution in [3.8, 4) is 0 Å². The molecule has 0 amide bonds. The van der Waals surface area contributed by atoms with Crippen molar-refractivity contribution in [3.63, 3.8) is 0 Å². The molecular weight excluding hydrogens is 286 g/mol. The summed E-state index contributed by atoms with van der Waals surface area (Å²) in [5.74, 6) is 0. The van der Waals surface area contributed by atoms with Gasteiger partial charge in [0.1, 0.15) is 6.10 Å². The number of hydrogen-bond donors (Lipinski definition) is 1. The number of hydrogen-bond acceptors (Lipinski definition) is 3. The molecule has 0 radical (unpaired) electrons. The first kappa shape index (κ1) is 16.2. The molecule has 2 atom stereocenters. The van der Waals surface area contributed by atoms with E-state index in [1.165, 1.54) is 22.4 Å². The van der Waals surface area contributed by atoms with Crippen LogP contribution in [0.3, 0.4) is 0 Å². The number of nitrogens with one attached hydrogen (secondary N) is 1. The summed E-state index contributed by atoms with van der Waals surface area (Å²) >= 11 is 0. The highest BCUT2D eigenvalue weighted by atomic mass is 16.5. The SMILES string of the molecule is CCn1nccc1[C@@H]1OCC[C@H]1NCCc1cc(C)cc(C)c1. The monoisotopic (exact) mass is 313 g/mol. The van der Waals surface area contributed by atoms with Gasteiger partial charge in [0.15, 0.2) is 0 Å². The zero-order valence-electron chi connectivity index (χ0n) is 14.4. The molecule has 4 nitrogen and oxygen atoms in total. The summed E-state index contributed by atoms with van der Waals surface area (Å²) < 4.78 is 8.01. The van der Waals surface area contributed by atoms with Crippen molar-refractivity contribution < 1.29 is 4.74 Å². The van der Waals surface area contributed by atoms with E-state index in [2.05, 4.69) is 55.5 Å². The zero-order chi connectivity index (χ0) is 16.2. The first-order valence-electron chi connectivity index (χ1n) is 8.61. The van der Waals surface area contributed by atoms with E-state index in [0.29, 0.717) is 6.04 Å². The van der Waals surface area contributed by atoms with Gasteiger partial charge in [-0.25, -0.2) is 0 Å². The van der Waals surface area contributed by atoms with Crippen LogP contribution in [0.15, 0.2) is 30.5 Å². The van der Waals surface area contributed by atoms with E-state index in [1.54, 1.807) is 0 Å². The van der Waals surface area contributed by atoms with Crippen LogP contribution in [0.5, 0.6) is 0 Å². The highest BCUT2D eigenvalue weighted by molar-refractivity contribution is 5.28. The average Bonchev–Trinajstić information content (AvgIpc) is 3.13. The molecule has 0 aliphatic carbocycles. The second-order valence-electron chi connectivity index (χ2n) is 6.46. The van der Waals surface area contributed by atoms with E-state index in [1.807, 2.05) is 10.9 Å². The summed E-state index contributed by atoms with van der Waals surface area (Å²) in [6.45, 7) is 9.13. The minimum atomic E-state index is 0.122. The number of rotatable bonds is 6. The van der Waals surface area contributed by atoms with Crippen molar-refractivity contribution >= 4 is 0 Å². The second kappa shape index (κ2) is 7.28. The molecule has 2 aromatic rings. The van der Waals surface area contributed by atoms with Gasteiger partial charge in [0.2, 0.25) is 0 Å². The van der Waals surface area contributed by atoms with Crippen LogP contribution in [0.1, 0.15) is 41.8 Å². The van der Waals surface area contributed by atoms with Crippen molar-refractivity contribution in [1.29, 1.82) is 0 Å². The van der Waals surface area contributed by atoms with Crippen molar-refractivity contribution in [2.45, 2.75) is 52.3 Å². The molecule has 1 aliphatic heterocycles. The largest absolute Gasteiger partial charge is 0.370 e. The zero-order valence-corrected chi connectivity index (χ0v) is 14.4. The van der Waals surface area contributed by atoms with Crippen LogP contribution in [0.25, 0.3) is 0 Å². The normalized spacial score (nSPS) is 21.0. The Labute approximate surface area is 138 Å². The summed E-state index contributed by atoms with van der Waals surface area (Å²) in [5, 5.41) is 8.06. The molecule has 124 valence electrons. The second-order valence-corrected chi connectivity index (χ2v) is 6.46. The fourth-order valence-electron chi connectivity index (χ4n) is 3.55. The summed E-state index contributed by atoms with van der Waals surface area (Å²) in [6.07, 6.45) is 4.11. The molecule has 0 unspecified atom stereocenters. The topological polar surface area (TPSA) is 39.1 Å². The predicted octanol–water partition coefficient (Wildman–Crippen LogP) is 3.18. The maximum absolute atomic E-state index is 5.97. The van der Waals surface area contributed by atoms with Crippen LogP contribution in [0, 0.1) is 13.8 Å². The van der Waals surface area contributed by atoms with Crippen molar-refractivity contribution in [2.24, 2.45) is 0 Å². The average molecular weight is 313 g/mol. The molecule has 1 aromatic carbocycles. The molecule has 1 aliphatic rings. The van der Waals surface area contributed by atoms with E-state index < -0.39 is 0 Å². The van der Waals surface area contributed by atoms with E-state index in [4.69, 9.17) is 4.74 Å². The van der Waals surface area contributed by atoms with Gasteiger partial charge in [-0.1, -0.05) is 29.3 Å². The molecular formula is C19H27N3O. The summed E-state index contributed by atoms with van der Waals surface area (Å²) in [7, 11) is 0. The first-order valence-corrected chi connectivity index (χ1v) is 8.61. The van der Waals surface area contributed by atoms with Crippen molar-refractivity contribution in [2.75, 3.05) is 13.2 Å². The Kier molecular flexibility index (Phi) is 5.13. The molecule has 0 bridgehead atoms.